The van der Waals surface area contributed by atoms with Gasteiger partial charge in [-0.2, -0.15) is 0 Å². The Morgan fingerprint density at radius 1 is 1.11 bits per heavy atom. The maximum absolute atomic E-state index is 12.4. The summed E-state index contributed by atoms with van der Waals surface area (Å²) >= 11 is 0. The van der Waals surface area contributed by atoms with E-state index in [1.54, 1.807) is 14.2 Å². The van der Waals surface area contributed by atoms with Gasteiger partial charge in [-0.1, -0.05) is 18.2 Å². The van der Waals surface area contributed by atoms with Gasteiger partial charge in [-0.3, -0.25) is 9.47 Å². The summed E-state index contributed by atoms with van der Waals surface area (Å²) in [6.07, 6.45) is 2.02. The summed E-state index contributed by atoms with van der Waals surface area (Å²) in [5, 5.41) is 0. The fraction of sp³-hybridized carbons (Fsp3) is 0.381. The van der Waals surface area contributed by atoms with Crippen molar-refractivity contribution in [2.24, 2.45) is 0 Å². The second-order valence-corrected chi connectivity index (χ2v) is 6.93. The summed E-state index contributed by atoms with van der Waals surface area (Å²) in [4.78, 5) is 14.8. The Balaban J connectivity index is 1.55. The van der Waals surface area contributed by atoms with Crippen molar-refractivity contribution < 1.29 is 13.9 Å². The van der Waals surface area contributed by atoms with Crippen molar-refractivity contribution in [3.63, 3.8) is 0 Å². The maximum Gasteiger partial charge on any atom is 0.420 e. The zero-order chi connectivity index (χ0) is 18.8. The number of hydrogen-bond donors (Lipinski definition) is 0. The summed E-state index contributed by atoms with van der Waals surface area (Å²) in [5.74, 6) is 1.20. The van der Waals surface area contributed by atoms with Gasteiger partial charge in [0, 0.05) is 13.1 Å². The number of nitrogens with zero attached hydrogens (tertiary/aromatic N) is 2. The molecule has 0 saturated carbocycles. The molecule has 142 valence electrons. The lowest BCUT2D eigenvalue weighted by molar-refractivity contribution is 0.167. The van der Waals surface area contributed by atoms with Crippen molar-refractivity contribution in [2.45, 2.75) is 25.4 Å². The van der Waals surface area contributed by atoms with Crippen LogP contribution in [-0.2, 0) is 6.54 Å². The van der Waals surface area contributed by atoms with Gasteiger partial charge in [-0.25, -0.2) is 4.79 Å². The van der Waals surface area contributed by atoms with Gasteiger partial charge in [0.15, 0.2) is 17.1 Å². The number of ether oxygens (including phenoxy) is 2. The van der Waals surface area contributed by atoms with E-state index in [2.05, 4.69) is 11.0 Å². The first-order valence-electron chi connectivity index (χ1n) is 9.23. The van der Waals surface area contributed by atoms with Crippen molar-refractivity contribution in [1.29, 1.82) is 0 Å². The first-order valence-corrected chi connectivity index (χ1v) is 9.23. The highest BCUT2D eigenvalue weighted by Crippen LogP contribution is 2.30. The molecule has 0 amide bonds. The molecule has 0 unspecified atom stereocenters. The van der Waals surface area contributed by atoms with E-state index < -0.39 is 0 Å². The van der Waals surface area contributed by atoms with Crippen LogP contribution in [0.15, 0.2) is 51.7 Å². The van der Waals surface area contributed by atoms with Crippen molar-refractivity contribution in [3.05, 3.63) is 58.6 Å². The highest BCUT2D eigenvalue weighted by Gasteiger charge is 2.25. The average Bonchev–Trinajstić information content (AvgIpc) is 3.03. The molecule has 0 spiro atoms. The molecule has 0 aliphatic carbocycles. The molecule has 1 aliphatic rings. The van der Waals surface area contributed by atoms with E-state index in [9.17, 15) is 4.79 Å². The first-order chi connectivity index (χ1) is 13.2. The van der Waals surface area contributed by atoms with Crippen molar-refractivity contribution >= 4 is 11.1 Å². The fourth-order valence-electron chi connectivity index (χ4n) is 3.95. The van der Waals surface area contributed by atoms with Gasteiger partial charge < -0.3 is 13.9 Å². The number of benzene rings is 2. The van der Waals surface area contributed by atoms with Gasteiger partial charge in [0.2, 0.25) is 0 Å². The van der Waals surface area contributed by atoms with Crippen LogP contribution in [0.5, 0.6) is 11.5 Å². The third-order valence-corrected chi connectivity index (χ3v) is 5.22. The summed E-state index contributed by atoms with van der Waals surface area (Å²) in [6, 6.07) is 13.8. The zero-order valence-electron chi connectivity index (χ0n) is 15.7. The van der Waals surface area contributed by atoms with Gasteiger partial charge >= 0.3 is 5.76 Å². The Bertz CT molecular complexity index is 991. The number of methoxy groups -OCH3 is 2. The number of likely N-dealkylation sites (tertiary alicyclic amines) is 1. The van der Waals surface area contributed by atoms with E-state index in [0.717, 1.165) is 55.1 Å². The molecular weight excluding hydrogens is 344 g/mol. The van der Waals surface area contributed by atoms with Crippen LogP contribution in [0, 0.1) is 0 Å². The van der Waals surface area contributed by atoms with Gasteiger partial charge in [-0.05, 0) is 49.2 Å². The summed E-state index contributed by atoms with van der Waals surface area (Å²) < 4.78 is 18.0. The lowest BCUT2D eigenvalue weighted by Crippen LogP contribution is -2.38. The maximum atomic E-state index is 12.4. The highest BCUT2D eigenvalue weighted by molar-refractivity contribution is 5.72. The number of rotatable bonds is 5. The number of hydrogen-bond acceptors (Lipinski definition) is 5. The quantitative estimate of drug-likeness (QED) is 0.690. The van der Waals surface area contributed by atoms with Gasteiger partial charge in [0.05, 0.1) is 25.8 Å². The van der Waals surface area contributed by atoms with Crippen LogP contribution < -0.4 is 15.2 Å². The lowest BCUT2D eigenvalue weighted by atomic mass is 10.0. The zero-order valence-corrected chi connectivity index (χ0v) is 15.7. The molecule has 0 N–H and O–H groups in total. The van der Waals surface area contributed by atoms with Crippen LogP contribution in [0.4, 0.5) is 0 Å². The van der Waals surface area contributed by atoms with Crippen LogP contribution in [0.25, 0.3) is 11.1 Å². The molecule has 3 aromatic rings. The summed E-state index contributed by atoms with van der Waals surface area (Å²) in [6.45, 7) is 2.63. The normalized spacial score (nSPS) is 17.9. The van der Waals surface area contributed by atoms with E-state index in [0.29, 0.717) is 5.58 Å². The minimum atomic E-state index is -0.269. The molecule has 1 fully saturated rings. The molecule has 2 aromatic carbocycles. The molecule has 0 radical (unpaired) electrons. The third kappa shape index (κ3) is 3.45. The number of piperidine rings is 1. The molecule has 6 heteroatoms. The minimum Gasteiger partial charge on any atom is -0.493 e. The van der Waals surface area contributed by atoms with E-state index in [4.69, 9.17) is 13.9 Å². The van der Waals surface area contributed by atoms with E-state index in [-0.39, 0.29) is 11.8 Å². The van der Waals surface area contributed by atoms with Gasteiger partial charge in [0.25, 0.3) is 0 Å². The summed E-state index contributed by atoms with van der Waals surface area (Å²) in [7, 11) is 3.29. The van der Waals surface area contributed by atoms with Crippen molar-refractivity contribution in [1.82, 2.24) is 9.47 Å². The Kier molecular flexibility index (Phi) is 4.90. The molecular formula is C21H24N2O4. The molecule has 1 saturated heterocycles. The molecule has 1 atom stereocenters. The van der Waals surface area contributed by atoms with Gasteiger partial charge in [-0.15, -0.1) is 0 Å². The molecule has 27 heavy (non-hydrogen) atoms. The van der Waals surface area contributed by atoms with E-state index >= 15 is 0 Å². The molecule has 0 bridgehead atoms. The number of para-hydroxylation sites is 2. The second-order valence-electron chi connectivity index (χ2n) is 6.93. The second kappa shape index (κ2) is 7.48. The number of oxazole rings is 1. The van der Waals surface area contributed by atoms with Crippen LogP contribution in [-0.4, -0.2) is 36.8 Å². The van der Waals surface area contributed by atoms with E-state index in [1.165, 1.54) is 0 Å². The Labute approximate surface area is 157 Å². The molecule has 1 aromatic heterocycles. The summed E-state index contributed by atoms with van der Waals surface area (Å²) in [5.41, 5.74) is 2.69. The monoisotopic (exact) mass is 368 g/mol. The van der Waals surface area contributed by atoms with Crippen LogP contribution in [0.2, 0.25) is 0 Å². The Hall–Kier alpha value is -2.73. The molecule has 6 nitrogen and oxygen atoms in total. The Morgan fingerprint density at radius 2 is 1.93 bits per heavy atom. The third-order valence-electron chi connectivity index (χ3n) is 5.22. The van der Waals surface area contributed by atoms with Crippen LogP contribution in [0.1, 0.15) is 24.4 Å². The SMILES string of the molecule is COc1ccc(CN2CCC[C@@H](n3c(=O)oc4ccccc43)C2)cc1OC. The number of fused-ring (bicyclic) bond motifs is 1. The fourth-order valence-corrected chi connectivity index (χ4v) is 3.95. The average molecular weight is 368 g/mol. The molecule has 2 heterocycles. The van der Waals surface area contributed by atoms with Gasteiger partial charge in [0.1, 0.15) is 0 Å². The Morgan fingerprint density at radius 3 is 2.74 bits per heavy atom. The minimum absolute atomic E-state index is 0.120. The first kappa shape index (κ1) is 17.7. The number of aromatic nitrogens is 1. The molecule has 4 rings (SSSR count). The predicted molar refractivity (Wildman–Crippen MR) is 104 cm³/mol. The standard InChI is InChI=1S/C21H24N2O4/c1-25-19-10-9-15(12-20(19)26-2)13-22-11-5-6-16(14-22)23-17-7-3-4-8-18(17)27-21(23)24/h3-4,7-10,12,16H,5-6,11,13-14H2,1-2H3/t16-/m1/s1. The lowest BCUT2D eigenvalue weighted by Gasteiger charge is -2.33. The largest absolute Gasteiger partial charge is 0.493 e. The van der Waals surface area contributed by atoms with Crippen LogP contribution in [0.3, 0.4) is 0 Å². The van der Waals surface area contributed by atoms with E-state index in [1.807, 2.05) is 41.0 Å². The van der Waals surface area contributed by atoms with Crippen LogP contribution >= 0.6 is 0 Å². The predicted octanol–water partition coefficient (Wildman–Crippen LogP) is 3.45. The highest BCUT2D eigenvalue weighted by atomic mass is 16.5. The van der Waals surface area contributed by atoms with Crippen molar-refractivity contribution in [3.8, 4) is 11.5 Å². The topological polar surface area (TPSA) is 56.8 Å². The molecule has 1 aliphatic heterocycles. The smallest absolute Gasteiger partial charge is 0.420 e. The van der Waals surface area contributed by atoms with Crippen molar-refractivity contribution in [2.75, 3.05) is 27.3 Å².